The van der Waals surface area contributed by atoms with Crippen LogP contribution in [0.1, 0.15) is 5.56 Å². The molecule has 0 N–H and O–H groups in total. The second kappa shape index (κ2) is 6.04. The molecule has 0 atom stereocenters. The SMILES string of the molecule is O=C(Cc1ccccc1F)Cn1cc([N+](=O)[O-])cnc1=O. The van der Waals surface area contributed by atoms with Crippen molar-refractivity contribution in [3.63, 3.8) is 0 Å². The maximum absolute atomic E-state index is 13.4. The summed E-state index contributed by atoms with van der Waals surface area (Å²) in [7, 11) is 0. The zero-order chi connectivity index (χ0) is 15.4. The molecule has 2 aromatic rings. The van der Waals surface area contributed by atoms with Crippen LogP contribution < -0.4 is 5.69 Å². The number of rotatable bonds is 5. The van der Waals surface area contributed by atoms with E-state index in [9.17, 15) is 24.1 Å². The van der Waals surface area contributed by atoms with Gasteiger partial charge in [0.1, 0.15) is 12.0 Å². The summed E-state index contributed by atoms with van der Waals surface area (Å²) in [4.78, 5) is 36.5. The highest BCUT2D eigenvalue weighted by atomic mass is 19.1. The van der Waals surface area contributed by atoms with Crippen molar-refractivity contribution in [2.75, 3.05) is 0 Å². The van der Waals surface area contributed by atoms with Crippen molar-refractivity contribution in [3.8, 4) is 0 Å². The van der Waals surface area contributed by atoms with Gasteiger partial charge in [-0.3, -0.25) is 19.5 Å². The van der Waals surface area contributed by atoms with Gasteiger partial charge in [0.25, 0.3) is 0 Å². The number of aromatic nitrogens is 2. The lowest BCUT2D eigenvalue weighted by Crippen LogP contribution is -2.26. The van der Waals surface area contributed by atoms with E-state index in [0.29, 0.717) is 0 Å². The molecule has 0 radical (unpaired) electrons. The Kier molecular flexibility index (Phi) is 4.17. The molecule has 0 aliphatic heterocycles. The molecule has 2 rings (SSSR count). The van der Waals surface area contributed by atoms with Crippen LogP contribution in [0, 0.1) is 15.9 Å². The first-order valence-corrected chi connectivity index (χ1v) is 5.93. The van der Waals surface area contributed by atoms with Crippen LogP contribution in [-0.4, -0.2) is 20.3 Å². The van der Waals surface area contributed by atoms with Crippen LogP contribution in [-0.2, 0) is 17.8 Å². The zero-order valence-corrected chi connectivity index (χ0v) is 10.7. The number of hydrogen-bond donors (Lipinski definition) is 0. The molecule has 0 aliphatic rings. The predicted octanol–water partition coefficient (Wildman–Crippen LogP) is 1.10. The van der Waals surface area contributed by atoms with Crippen LogP contribution in [0.15, 0.2) is 41.5 Å². The lowest BCUT2D eigenvalue weighted by atomic mass is 10.1. The minimum Gasteiger partial charge on any atom is -0.297 e. The van der Waals surface area contributed by atoms with E-state index in [1.54, 1.807) is 6.07 Å². The highest BCUT2D eigenvalue weighted by Crippen LogP contribution is 2.09. The minimum absolute atomic E-state index is 0.203. The van der Waals surface area contributed by atoms with E-state index < -0.39 is 34.4 Å². The van der Waals surface area contributed by atoms with Crippen LogP contribution >= 0.6 is 0 Å². The molecule has 1 aromatic carbocycles. The fraction of sp³-hybridized carbons (Fsp3) is 0.154. The number of halogens is 1. The lowest BCUT2D eigenvalue weighted by Gasteiger charge is -2.05. The molecular weight excluding hydrogens is 281 g/mol. The number of carbonyl (C=O) groups is 1. The van der Waals surface area contributed by atoms with Gasteiger partial charge in [-0.05, 0) is 11.6 Å². The molecule has 0 spiro atoms. The summed E-state index contributed by atoms with van der Waals surface area (Å²) in [6.07, 6.45) is 1.55. The number of carbonyl (C=O) groups excluding carboxylic acids is 1. The normalized spacial score (nSPS) is 10.3. The first kappa shape index (κ1) is 14.5. The number of nitro groups is 1. The predicted molar refractivity (Wildman–Crippen MR) is 70.3 cm³/mol. The third-order valence-corrected chi connectivity index (χ3v) is 2.74. The average molecular weight is 291 g/mol. The van der Waals surface area contributed by atoms with E-state index in [4.69, 9.17) is 0 Å². The van der Waals surface area contributed by atoms with Gasteiger partial charge >= 0.3 is 11.4 Å². The van der Waals surface area contributed by atoms with E-state index >= 15 is 0 Å². The third-order valence-electron chi connectivity index (χ3n) is 2.74. The Morgan fingerprint density at radius 2 is 2.10 bits per heavy atom. The van der Waals surface area contributed by atoms with Gasteiger partial charge in [-0.2, -0.15) is 4.98 Å². The van der Waals surface area contributed by atoms with Crippen molar-refractivity contribution in [1.29, 1.82) is 0 Å². The average Bonchev–Trinajstić information content (AvgIpc) is 2.43. The molecule has 0 fully saturated rings. The second-order valence-electron chi connectivity index (χ2n) is 4.29. The molecular formula is C13H10FN3O4. The Morgan fingerprint density at radius 1 is 1.38 bits per heavy atom. The maximum atomic E-state index is 13.4. The van der Waals surface area contributed by atoms with Crippen LogP contribution in [0.5, 0.6) is 0 Å². The maximum Gasteiger partial charge on any atom is 0.348 e. The summed E-state index contributed by atoms with van der Waals surface area (Å²) in [5, 5.41) is 10.6. The fourth-order valence-corrected chi connectivity index (χ4v) is 1.75. The molecule has 108 valence electrons. The molecule has 0 bridgehead atoms. The summed E-state index contributed by atoms with van der Waals surface area (Å²) in [5.74, 6) is -0.972. The monoisotopic (exact) mass is 291 g/mol. The van der Waals surface area contributed by atoms with Crippen LogP contribution in [0.3, 0.4) is 0 Å². The topological polar surface area (TPSA) is 95.1 Å². The van der Waals surface area contributed by atoms with Crippen LogP contribution in [0.25, 0.3) is 0 Å². The molecule has 0 amide bonds. The summed E-state index contributed by atoms with van der Waals surface area (Å²) < 4.78 is 14.3. The van der Waals surface area contributed by atoms with Gasteiger partial charge in [0, 0.05) is 6.42 Å². The molecule has 0 saturated heterocycles. The van der Waals surface area contributed by atoms with Crippen LogP contribution in [0.4, 0.5) is 10.1 Å². The molecule has 21 heavy (non-hydrogen) atoms. The Hall–Kier alpha value is -2.90. The van der Waals surface area contributed by atoms with E-state index in [0.717, 1.165) is 17.0 Å². The largest absolute Gasteiger partial charge is 0.348 e. The number of Topliss-reactive ketones (excluding diaryl/α,β-unsaturated/α-hetero) is 1. The Balaban J connectivity index is 2.17. The van der Waals surface area contributed by atoms with Crippen molar-refractivity contribution in [1.82, 2.24) is 9.55 Å². The minimum atomic E-state index is -0.775. The highest BCUT2D eigenvalue weighted by molar-refractivity contribution is 5.80. The first-order chi connectivity index (χ1) is 9.97. The van der Waals surface area contributed by atoms with Crippen LogP contribution in [0.2, 0.25) is 0 Å². The summed E-state index contributed by atoms with van der Waals surface area (Å²) in [6.45, 7) is -0.401. The van der Waals surface area contributed by atoms with E-state index in [1.165, 1.54) is 18.2 Å². The molecule has 0 unspecified atom stereocenters. The summed E-state index contributed by atoms with van der Waals surface area (Å²) in [6, 6.07) is 5.77. The number of benzene rings is 1. The van der Waals surface area contributed by atoms with E-state index in [2.05, 4.69) is 4.98 Å². The molecule has 0 saturated carbocycles. The quantitative estimate of drug-likeness (QED) is 0.607. The standard InChI is InChI=1S/C13H10FN3O4/c14-12-4-2-1-3-9(12)5-11(18)8-16-7-10(17(20)21)6-15-13(16)19/h1-4,6-7H,5,8H2. The Morgan fingerprint density at radius 3 is 2.76 bits per heavy atom. The summed E-state index contributed by atoms with van der Waals surface area (Å²) in [5.41, 5.74) is -0.968. The number of hydrogen-bond acceptors (Lipinski definition) is 5. The fourth-order valence-electron chi connectivity index (χ4n) is 1.75. The van der Waals surface area contributed by atoms with Gasteiger partial charge < -0.3 is 0 Å². The first-order valence-electron chi connectivity index (χ1n) is 5.93. The molecule has 8 heteroatoms. The summed E-state index contributed by atoms with van der Waals surface area (Å²) >= 11 is 0. The van der Waals surface area contributed by atoms with Gasteiger partial charge in [-0.1, -0.05) is 18.2 Å². The number of ketones is 1. The molecule has 0 aliphatic carbocycles. The molecule has 1 heterocycles. The van der Waals surface area contributed by atoms with Gasteiger partial charge in [-0.25, -0.2) is 9.18 Å². The van der Waals surface area contributed by atoms with E-state index in [-0.39, 0.29) is 12.0 Å². The van der Waals surface area contributed by atoms with Gasteiger partial charge in [0.15, 0.2) is 5.78 Å². The smallest absolute Gasteiger partial charge is 0.297 e. The second-order valence-corrected chi connectivity index (χ2v) is 4.29. The van der Waals surface area contributed by atoms with Crippen molar-refractivity contribution >= 4 is 11.5 Å². The van der Waals surface area contributed by atoms with E-state index in [1.807, 2.05) is 0 Å². The van der Waals surface area contributed by atoms with Crippen molar-refractivity contribution in [2.45, 2.75) is 13.0 Å². The Bertz CT molecular complexity index is 757. The van der Waals surface area contributed by atoms with Crippen molar-refractivity contribution in [2.24, 2.45) is 0 Å². The van der Waals surface area contributed by atoms with Crippen molar-refractivity contribution < 1.29 is 14.1 Å². The Labute approximate surface area is 117 Å². The molecule has 7 nitrogen and oxygen atoms in total. The van der Waals surface area contributed by atoms with Gasteiger partial charge in [-0.15, -0.1) is 0 Å². The lowest BCUT2D eigenvalue weighted by molar-refractivity contribution is -0.385. The van der Waals surface area contributed by atoms with Crippen molar-refractivity contribution in [3.05, 3.63) is 68.6 Å². The zero-order valence-electron chi connectivity index (χ0n) is 10.7. The third kappa shape index (κ3) is 3.56. The van der Waals surface area contributed by atoms with Gasteiger partial charge in [0.05, 0.1) is 17.7 Å². The highest BCUT2D eigenvalue weighted by Gasteiger charge is 2.13. The molecule has 1 aromatic heterocycles. The van der Waals surface area contributed by atoms with Gasteiger partial charge in [0.2, 0.25) is 0 Å². The number of nitrogens with zero attached hydrogens (tertiary/aromatic N) is 3.